The third-order valence-corrected chi connectivity index (χ3v) is 5.39. The summed E-state index contributed by atoms with van der Waals surface area (Å²) < 4.78 is 7.76. The molecule has 158 valence electrons. The minimum Gasteiger partial charge on any atom is -0.491 e. The second kappa shape index (κ2) is 10.1. The second-order valence-electron chi connectivity index (χ2n) is 7.78. The van der Waals surface area contributed by atoms with Gasteiger partial charge in [-0.3, -0.25) is 14.3 Å². The Morgan fingerprint density at radius 1 is 0.839 bits per heavy atom. The molecule has 1 heterocycles. The highest BCUT2D eigenvalue weighted by Crippen LogP contribution is 2.28. The molecule has 0 aliphatic carbocycles. The number of carbonyl (C=O) groups is 1. The molecule has 0 bridgehead atoms. The van der Waals surface area contributed by atoms with Gasteiger partial charge in [0.1, 0.15) is 5.75 Å². The molecule has 0 aliphatic rings. The average Bonchev–Trinajstić information content (AvgIpc) is 3.17. The van der Waals surface area contributed by atoms with Gasteiger partial charge in [0.15, 0.2) is 0 Å². The van der Waals surface area contributed by atoms with Crippen molar-refractivity contribution in [3.63, 3.8) is 0 Å². The molecule has 4 rings (SSSR count). The van der Waals surface area contributed by atoms with Crippen molar-refractivity contribution in [2.24, 2.45) is 0 Å². The first kappa shape index (κ1) is 20.9. The Morgan fingerprint density at radius 2 is 1.42 bits per heavy atom. The number of ether oxygens (including phenoxy) is 1. The fraction of sp³-hybridized carbons (Fsp3) is 0.222. The topological polar surface area (TPSA) is 34.5 Å². The lowest BCUT2D eigenvalue weighted by atomic mass is 10.1. The molecule has 31 heavy (non-hydrogen) atoms. The van der Waals surface area contributed by atoms with E-state index in [4.69, 9.17) is 4.74 Å². The minimum absolute atomic E-state index is 0.0112. The van der Waals surface area contributed by atoms with Gasteiger partial charge in [0.2, 0.25) is 5.91 Å². The summed E-state index contributed by atoms with van der Waals surface area (Å²) in [4.78, 5) is 14.4. The highest BCUT2D eigenvalue weighted by molar-refractivity contribution is 5.95. The predicted molar refractivity (Wildman–Crippen MR) is 125 cm³/mol. The van der Waals surface area contributed by atoms with Crippen LogP contribution in [0.1, 0.15) is 29.3 Å². The van der Waals surface area contributed by atoms with Gasteiger partial charge < -0.3 is 4.74 Å². The van der Waals surface area contributed by atoms with Crippen molar-refractivity contribution >= 4 is 16.8 Å². The second-order valence-corrected chi connectivity index (χ2v) is 7.78. The fourth-order valence-electron chi connectivity index (χ4n) is 3.89. The number of benzene rings is 3. The normalized spacial score (nSPS) is 11.2. The molecule has 0 unspecified atom stereocenters. The maximum absolute atomic E-state index is 11.9. The Morgan fingerprint density at radius 3 is 2.03 bits per heavy atom. The number of hydrogen-bond acceptors (Lipinski definition) is 3. The lowest BCUT2D eigenvalue weighted by molar-refractivity contribution is 0.0941. The lowest BCUT2D eigenvalue weighted by Crippen LogP contribution is -2.25. The van der Waals surface area contributed by atoms with E-state index in [0.29, 0.717) is 6.61 Å². The third-order valence-electron chi connectivity index (χ3n) is 5.39. The van der Waals surface area contributed by atoms with Crippen molar-refractivity contribution in [2.75, 3.05) is 13.2 Å². The van der Waals surface area contributed by atoms with Crippen LogP contribution in [0.4, 0.5) is 0 Å². The van der Waals surface area contributed by atoms with E-state index < -0.39 is 0 Å². The Hall–Kier alpha value is -3.37. The van der Waals surface area contributed by atoms with Crippen LogP contribution in [0.2, 0.25) is 0 Å². The largest absolute Gasteiger partial charge is 0.491 e. The molecule has 0 aliphatic heterocycles. The van der Waals surface area contributed by atoms with Crippen LogP contribution in [0.3, 0.4) is 0 Å². The zero-order chi connectivity index (χ0) is 21.5. The molecule has 0 fully saturated rings. The van der Waals surface area contributed by atoms with E-state index in [9.17, 15) is 4.79 Å². The summed E-state index contributed by atoms with van der Waals surface area (Å²) in [6.45, 7) is 4.90. The van der Waals surface area contributed by atoms with Crippen molar-refractivity contribution in [3.8, 4) is 5.75 Å². The van der Waals surface area contributed by atoms with Crippen molar-refractivity contribution in [3.05, 3.63) is 102 Å². The molecule has 0 radical (unpaired) electrons. The number of rotatable bonds is 9. The number of para-hydroxylation sites is 1. The highest BCUT2D eigenvalue weighted by atomic mass is 16.5. The minimum atomic E-state index is -0.0112. The smallest absolute Gasteiger partial charge is 0.228 e. The van der Waals surface area contributed by atoms with Gasteiger partial charge >= 0.3 is 0 Å². The van der Waals surface area contributed by atoms with Crippen LogP contribution in [0.5, 0.6) is 5.75 Å². The van der Waals surface area contributed by atoms with Crippen LogP contribution < -0.4 is 4.74 Å². The first-order valence-corrected chi connectivity index (χ1v) is 10.7. The summed E-state index contributed by atoms with van der Waals surface area (Å²) in [5.74, 6) is 0.756. The summed E-state index contributed by atoms with van der Waals surface area (Å²) in [6, 6.07) is 29.0. The molecule has 4 aromatic rings. The molecule has 4 heteroatoms. The van der Waals surface area contributed by atoms with Crippen molar-refractivity contribution in [1.29, 1.82) is 0 Å². The zero-order valence-electron chi connectivity index (χ0n) is 17.9. The van der Waals surface area contributed by atoms with Gasteiger partial charge in [0.25, 0.3) is 0 Å². The lowest BCUT2D eigenvalue weighted by Gasteiger charge is -2.22. The van der Waals surface area contributed by atoms with Gasteiger partial charge in [-0.15, -0.1) is 0 Å². The van der Waals surface area contributed by atoms with E-state index in [0.717, 1.165) is 42.7 Å². The van der Waals surface area contributed by atoms with Gasteiger partial charge in [0.05, 0.1) is 18.3 Å². The maximum atomic E-state index is 11.9. The third kappa shape index (κ3) is 5.41. The molecule has 4 nitrogen and oxygen atoms in total. The summed E-state index contributed by atoms with van der Waals surface area (Å²) in [7, 11) is 0. The van der Waals surface area contributed by atoms with Gasteiger partial charge in [-0.2, -0.15) is 0 Å². The van der Waals surface area contributed by atoms with E-state index in [2.05, 4.69) is 65.6 Å². The molecule has 0 saturated heterocycles. The summed E-state index contributed by atoms with van der Waals surface area (Å²) in [5.41, 5.74) is 3.51. The Kier molecular flexibility index (Phi) is 6.80. The first-order chi connectivity index (χ1) is 15.2. The number of aromatic nitrogens is 1. The standard InChI is InChI=1S/C27H28N2O2/c1-22(30)29-21-27(25-15-8-9-16-26(25)29)31-18-10-17-28(19-23-11-4-2-5-12-23)20-24-13-6-3-7-14-24/h2-9,11-16,21H,10,17-20H2,1H3. The van der Waals surface area contributed by atoms with Crippen LogP contribution >= 0.6 is 0 Å². The average molecular weight is 413 g/mol. The Bertz CT molecular complexity index is 1080. The Labute approximate surface area is 183 Å². The van der Waals surface area contributed by atoms with Gasteiger partial charge in [-0.25, -0.2) is 0 Å². The molecule has 3 aromatic carbocycles. The van der Waals surface area contributed by atoms with Crippen LogP contribution in [0.15, 0.2) is 91.1 Å². The van der Waals surface area contributed by atoms with Gasteiger partial charge in [-0.1, -0.05) is 72.8 Å². The number of nitrogens with zero attached hydrogens (tertiary/aromatic N) is 2. The Balaban J connectivity index is 1.39. The first-order valence-electron chi connectivity index (χ1n) is 10.7. The van der Waals surface area contributed by atoms with Crippen molar-refractivity contribution in [1.82, 2.24) is 9.47 Å². The molecule has 0 saturated carbocycles. The predicted octanol–water partition coefficient (Wildman–Crippen LogP) is 5.77. The highest BCUT2D eigenvalue weighted by Gasteiger charge is 2.12. The van der Waals surface area contributed by atoms with Crippen molar-refractivity contribution in [2.45, 2.75) is 26.4 Å². The molecule has 0 amide bonds. The van der Waals surface area contributed by atoms with Crippen LogP contribution in [0, 0.1) is 0 Å². The monoisotopic (exact) mass is 412 g/mol. The summed E-state index contributed by atoms with van der Waals surface area (Å²) in [5, 5.41) is 0.975. The van der Waals surface area contributed by atoms with Gasteiger partial charge in [0, 0.05) is 31.9 Å². The maximum Gasteiger partial charge on any atom is 0.228 e. The van der Waals surface area contributed by atoms with Crippen LogP contribution in [-0.4, -0.2) is 28.5 Å². The number of hydrogen-bond donors (Lipinski definition) is 0. The SMILES string of the molecule is CC(=O)n1cc(OCCCN(Cc2ccccc2)Cc2ccccc2)c2ccccc21. The van der Waals surface area contributed by atoms with E-state index in [1.165, 1.54) is 11.1 Å². The van der Waals surface area contributed by atoms with Gasteiger partial charge in [-0.05, 0) is 29.7 Å². The molecule has 1 aromatic heterocycles. The van der Waals surface area contributed by atoms with E-state index in [-0.39, 0.29) is 5.91 Å². The molecule has 0 spiro atoms. The quantitative estimate of drug-likeness (QED) is 0.327. The number of fused-ring (bicyclic) bond motifs is 1. The zero-order valence-corrected chi connectivity index (χ0v) is 17.9. The van der Waals surface area contributed by atoms with E-state index in [1.807, 2.05) is 24.3 Å². The fourth-order valence-corrected chi connectivity index (χ4v) is 3.89. The summed E-state index contributed by atoms with van der Waals surface area (Å²) in [6.07, 6.45) is 2.71. The van der Waals surface area contributed by atoms with E-state index >= 15 is 0 Å². The van der Waals surface area contributed by atoms with Crippen LogP contribution in [-0.2, 0) is 13.1 Å². The molecule has 0 atom stereocenters. The van der Waals surface area contributed by atoms with Crippen LogP contribution in [0.25, 0.3) is 10.9 Å². The molecular formula is C27H28N2O2. The van der Waals surface area contributed by atoms with Crippen molar-refractivity contribution < 1.29 is 9.53 Å². The number of carbonyl (C=O) groups excluding carboxylic acids is 1. The molecular weight excluding hydrogens is 384 g/mol. The molecule has 0 N–H and O–H groups in total. The summed E-state index contributed by atoms with van der Waals surface area (Å²) >= 11 is 0. The van der Waals surface area contributed by atoms with E-state index in [1.54, 1.807) is 17.7 Å².